The van der Waals surface area contributed by atoms with Crippen LogP contribution in [-0.4, -0.2) is 29.7 Å². The number of carbonyl (C=O) groups excluding carboxylic acids is 1. The summed E-state index contributed by atoms with van der Waals surface area (Å²) in [5.41, 5.74) is 1.01. The van der Waals surface area contributed by atoms with E-state index in [-0.39, 0.29) is 24.1 Å². The van der Waals surface area contributed by atoms with Crippen molar-refractivity contribution in [3.8, 4) is 5.75 Å². The Kier molecular flexibility index (Phi) is 5.31. The van der Waals surface area contributed by atoms with E-state index in [2.05, 4.69) is 10.6 Å². The monoisotopic (exact) mass is 294 g/mol. The van der Waals surface area contributed by atoms with Crippen molar-refractivity contribution in [1.29, 1.82) is 0 Å². The molecule has 1 aromatic carbocycles. The maximum absolute atomic E-state index is 12.1. The molecule has 2 unspecified atom stereocenters. The lowest BCUT2D eigenvalue weighted by atomic mass is 10.1. The zero-order valence-electron chi connectivity index (χ0n) is 12.2. The van der Waals surface area contributed by atoms with Crippen molar-refractivity contribution in [2.45, 2.75) is 39.0 Å². The SMILES string of the molecule is CC(C)Oc1ccccc1C(C)NC(=O)C1CSCN1. The van der Waals surface area contributed by atoms with Crippen LogP contribution in [0, 0.1) is 0 Å². The summed E-state index contributed by atoms with van der Waals surface area (Å²) in [6.07, 6.45) is 0.118. The molecule has 2 rings (SSSR count). The van der Waals surface area contributed by atoms with Gasteiger partial charge < -0.3 is 10.1 Å². The van der Waals surface area contributed by atoms with Crippen LogP contribution in [0.2, 0.25) is 0 Å². The molecule has 5 heteroatoms. The molecular weight excluding hydrogens is 272 g/mol. The number of thioether (sulfide) groups is 1. The third-order valence-corrected chi connectivity index (χ3v) is 4.08. The zero-order valence-corrected chi connectivity index (χ0v) is 13.0. The Hall–Kier alpha value is -1.20. The van der Waals surface area contributed by atoms with Crippen LogP contribution in [0.4, 0.5) is 0 Å². The van der Waals surface area contributed by atoms with E-state index in [0.29, 0.717) is 0 Å². The fraction of sp³-hybridized carbons (Fsp3) is 0.533. The first-order valence-electron chi connectivity index (χ1n) is 6.95. The standard InChI is InChI=1S/C15H22N2O2S/c1-10(2)19-14-7-5-4-6-12(14)11(3)17-15(18)13-8-20-9-16-13/h4-7,10-11,13,16H,8-9H2,1-3H3,(H,17,18). The molecule has 0 aliphatic carbocycles. The summed E-state index contributed by atoms with van der Waals surface area (Å²) in [5, 5.41) is 6.24. The van der Waals surface area contributed by atoms with Gasteiger partial charge in [0.05, 0.1) is 18.2 Å². The number of amides is 1. The van der Waals surface area contributed by atoms with E-state index in [0.717, 1.165) is 22.9 Å². The van der Waals surface area contributed by atoms with Gasteiger partial charge in [0.2, 0.25) is 5.91 Å². The van der Waals surface area contributed by atoms with E-state index >= 15 is 0 Å². The molecule has 0 bridgehead atoms. The summed E-state index contributed by atoms with van der Waals surface area (Å²) in [5.74, 6) is 2.58. The maximum atomic E-state index is 12.1. The number of rotatable bonds is 5. The molecule has 0 spiro atoms. The van der Waals surface area contributed by atoms with Crippen molar-refractivity contribution in [3.05, 3.63) is 29.8 Å². The van der Waals surface area contributed by atoms with Crippen molar-refractivity contribution in [3.63, 3.8) is 0 Å². The van der Waals surface area contributed by atoms with Crippen LogP contribution in [0.5, 0.6) is 5.75 Å². The summed E-state index contributed by atoms with van der Waals surface area (Å²) in [7, 11) is 0. The van der Waals surface area contributed by atoms with Crippen LogP contribution >= 0.6 is 11.8 Å². The minimum Gasteiger partial charge on any atom is -0.491 e. The number of ether oxygens (including phenoxy) is 1. The van der Waals surface area contributed by atoms with Crippen LogP contribution in [0.3, 0.4) is 0 Å². The van der Waals surface area contributed by atoms with Gasteiger partial charge in [0.15, 0.2) is 0 Å². The van der Waals surface area contributed by atoms with Gasteiger partial charge in [-0.25, -0.2) is 0 Å². The molecule has 0 radical (unpaired) electrons. The quantitative estimate of drug-likeness (QED) is 0.875. The average molecular weight is 294 g/mol. The topological polar surface area (TPSA) is 50.4 Å². The van der Waals surface area contributed by atoms with E-state index in [1.54, 1.807) is 11.8 Å². The molecule has 1 aliphatic heterocycles. The van der Waals surface area contributed by atoms with Gasteiger partial charge in [-0.3, -0.25) is 10.1 Å². The van der Waals surface area contributed by atoms with Gasteiger partial charge in [0.1, 0.15) is 5.75 Å². The molecule has 1 amide bonds. The smallest absolute Gasteiger partial charge is 0.238 e. The minimum absolute atomic E-state index is 0.0573. The maximum Gasteiger partial charge on any atom is 0.238 e. The molecule has 110 valence electrons. The Bertz CT molecular complexity index is 459. The third kappa shape index (κ3) is 3.90. The lowest BCUT2D eigenvalue weighted by Gasteiger charge is -2.21. The Labute approximate surface area is 124 Å². The molecule has 20 heavy (non-hydrogen) atoms. The highest BCUT2D eigenvalue weighted by Crippen LogP contribution is 2.26. The molecule has 0 saturated carbocycles. The van der Waals surface area contributed by atoms with Crippen LogP contribution in [-0.2, 0) is 4.79 Å². The zero-order chi connectivity index (χ0) is 14.5. The first-order chi connectivity index (χ1) is 9.58. The van der Waals surface area contributed by atoms with E-state index < -0.39 is 0 Å². The Balaban J connectivity index is 2.04. The van der Waals surface area contributed by atoms with Gasteiger partial charge in [0, 0.05) is 17.2 Å². The highest BCUT2D eigenvalue weighted by Gasteiger charge is 2.24. The number of benzene rings is 1. The molecule has 0 aromatic heterocycles. The molecule has 2 atom stereocenters. The summed E-state index contributed by atoms with van der Waals surface area (Å²) in [4.78, 5) is 12.1. The Morgan fingerprint density at radius 2 is 2.15 bits per heavy atom. The van der Waals surface area contributed by atoms with Crippen molar-refractivity contribution in [1.82, 2.24) is 10.6 Å². The third-order valence-electron chi connectivity index (χ3n) is 3.14. The number of hydrogen-bond donors (Lipinski definition) is 2. The summed E-state index contributed by atoms with van der Waals surface area (Å²) < 4.78 is 5.80. The summed E-state index contributed by atoms with van der Waals surface area (Å²) in [6.45, 7) is 5.99. The highest BCUT2D eigenvalue weighted by atomic mass is 32.2. The molecule has 2 N–H and O–H groups in total. The van der Waals surface area contributed by atoms with Crippen LogP contribution < -0.4 is 15.4 Å². The summed E-state index contributed by atoms with van der Waals surface area (Å²) >= 11 is 1.75. The van der Waals surface area contributed by atoms with Gasteiger partial charge in [-0.05, 0) is 26.8 Å². The second-order valence-corrected chi connectivity index (χ2v) is 6.24. The first kappa shape index (κ1) is 15.2. The van der Waals surface area contributed by atoms with Gasteiger partial charge in [-0.2, -0.15) is 0 Å². The van der Waals surface area contributed by atoms with Crippen LogP contribution in [0.15, 0.2) is 24.3 Å². The van der Waals surface area contributed by atoms with Gasteiger partial charge in [-0.15, -0.1) is 11.8 Å². The lowest BCUT2D eigenvalue weighted by Crippen LogP contribution is -2.43. The second-order valence-electron chi connectivity index (χ2n) is 5.21. The molecule has 1 fully saturated rings. The van der Waals surface area contributed by atoms with E-state index in [9.17, 15) is 4.79 Å². The molecule has 1 aliphatic rings. The number of para-hydroxylation sites is 1. The van der Waals surface area contributed by atoms with E-state index in [1.165, 1.54) is 0 Å². The van der Waals surface area contributed by atoms with Crippen molar-refractivity contribution in [2.75, 3.05) is 11.6 Å². The predicted molar refractivity (Wildman–Crippen MR) is 83.0 cm³/mol. The number of nitrogens with one attached hydrogen (secondary N) is 2. The fourth-order valence-electron chi connectivity index (χ4n) is 2.15. The van der Waals surface area contributed by atoms with Gasteiger partial charge in [-0.1, -0.05) is 18.2 Å². The Morgan fingerprint density at radius 3 is 2.80 bits per heavy atom. The molecule has 1 saturated heterocycles. The normalized spacial score (nSPS) is 19.9. The number of carbonyl (C=O) groups is 1. The van der Waals surface area contributed by atoms with Gasteiger partial charge in [0.25, 0.3) is 0 Å². The van der Waals surface area contributed by atoms with Crippen molar-refractivity contribution < 1.29 is 9.53 Å². The summed E-state index contributed by atoms with van der Waals surface area (Å²) in [6, 6.07) is 7.71. The second kappa shape index (κ2) is 6.99. The molecule has 1 heterocycles. The molecular formula is C15H22N2O2S. The van der Waals surface area contributed by atoms with E-state index in [1.807, 2.05) is 45.0 Å². The average Bonchev–Trinajstić information content (AvgIpc) is 2.92. The minimum atomic E-state index is -0.0828. The van der Waals surface area contributed by atoms with Crippen LogP contribution in [0.1, 0.15) is 32.4 Å². The van der Waals surface area contributed by atoms with Gasteiger partial charge >= 0.3 is 0 Å². The lowest BCUT2D eigenvalue weighted by molar-refractivity contribution is -0.123. The number of hydrogen-bond acceptors (Lipinski definition) is 4. The predicted octanol–water partition coefficient (Wildman–Crippen LogP) is 2.31. The van der Waals surface area contributed by atoms with Crippen molar-refractivity contribution >= 4 is 17.7 Å². The fourth-order valence-corrected chi connectivity index (χ4v) is 3.10. The first-order valence-corrected chi connectivity index (χ1v) is 8.10. The molecule has 4 nitrogen and oxygen atoms in total. The Morgan fingerprint density at radius 1 is 1.40 bits per heavy atom. The molecule has 1 aromatic rings. The van der Waals surface area contributed by atoms with Crippen LogP contribution in [0.25, 0.3) is 0 Å². The van der Waals surface area contributed by atoms with E-state index in [4.69, 9.17) is 4.74 Å². The largest absolute Gasteiger partial charge is 0.491 e. The highest BCUT2D eigenvalue weighted by molar-refractivity contribution is 7.99. The van der Waals surface area contributed by atoms with Crippen molar-refractivity contribution in [2.24, 2.45) is 0 Å².